The molecule has 0 fully saturated rings. The van der Waals surface area contributed by atoms with Gasteiger partial charge < -0.3 is 15.5 Å². The van der Waals surface area contributed by atoms with Crippen molar-refractivity contribution in [2.24, 2.45) is 5.92 Å². The molecule has 2 atom stereocenters. The number of amides is 3. The molecule has 2 N–H and O–H groups in total. The second kappa shape index (κ2) is 9.66. The van der Waals surface area contributed by atoms with E-state index in [1.54, 1.807) is 37.1 Å². The Bertz CT molecular complexity index is 947. The van der Waals surface area contributed by atoms with Crippen LogP contribution in [0.4, 0.5) is 22.0 Å². The number of carbonyl (C=O) groups is 2. The molecule has 0 aliphatic carbocycles. The van der Waals surface area contributed by atoms with Gasteiger partial charge in [0.2, 0.25) is 5.91 Å². The van der Waals surface area contributed by atoms with Gasteiger partial charge in [0.05, 0.1) is 29.7 Å². The van der Waals surface area contributed by atoms with Gasteiger partial charge in [-0.1, -0.05) is 25.4 Å². The number of urea groups is 1. The molecule has 166 valence electrons. The van der Waals surface area contributed by atoms with E-state index in [0.29, 0.717) is 29.0 Å². The third-order valence-electron chi connectivity index (χ3n) is 5.46. The average Bonchev–Trinajstić information content (AvgIpc) is 2.73. The maximum atomic E-state index is 13.5. The lowest BCUT2D eigenvalue weighted by molar-refractivity contribution is -0.117. The molecule has 31 heavy (non-hydrogen) atoms. The van der Waals surface area contributed by atoms with Crippen molar-refractivity contribution in [3.05, 3.63) is 47.1 Å². The molecule has 1 aromatic heterocycles. The first-order chi connectivity index (χ1) is 14.7. The monoisotopic (exact) mass is 443 g/mol. The molecule has 1 aliphatic rings. The fraction of sp³-hybridized carbons (Fsp3) is 0.435. The number of nitrogens with one attached hydrogen (secondary N) is 2. The minimum absolute atomic E-state index is 0.0415. The third-order valence-corrected chi connectivity index (χ3v) is 5.71. The first-order valence-corrected chi connectivity index (χ1v) is 10.9. The Balaban J connectivity index is 2.00. The maximum absolute atomic E-state index is 13.5. The molecule has 0 spiro atoms. The number of hydrogen-bond donors (Lipinski definition) is 2. The molecule has 0 radical (unpaired) electrons. The Morgan fingerprint density at radius 3 is 2.42 bits per heavy atom. The number of likely N-dealkylation sites (N-methyl/N-ethyl adjacent to an activating group) is 1. The van der Waals surface area contributed by atoms with Crippen LogP contribution >= 0.6 is 11.6 Å². The third kappa shape index (κ3) is 5.17. The first-order valence-electron chi connectivity index (χ1n) is 10.6. The first kappa shape index (κ1) is 23.0. The number of pyridine rings is 1. The summed E-state index contributed by atoms with van der Waals surface area (Å²) in [6.45, 7) is 8.51. The molecule has 7 nitrogen and oxygen atoms in total. The van der Waals surface area contributed by atoms with Gasteiger partial charge in [-0.3, -0.25) is 9.69 Å². The van der Waals surface area contributed by atoms with Crippen LogP contribution in [-0.2, 0) is 11.3 Å². The van der Waals surface area contributed by atoms with Crippen molar-refractivity contribution >= 4 is 40.7 Å². The summed E-state index contributed by atoms with van der Waals surface area (Å²) in [5.74, 6) is 0.754. The summed E-state index contributed by atoms with van der Waals surface area (Å²) in [6.07, 6.45) is 0.881. The molecule has 3 rings (SSSR count). The van der Waals surface area contributed by atoms with Gasteiger partial charge in [-0.15, -0.1) is 0 Å². The highest BCUT2D eigenvalue weighted by Gasteiger charge is 2.35. The molecule has 2 heterocycles. The summed E-state index contributed by atoms with van der Waals surface area (Å²) >= 11 is 6.06. The standard InChI is InChI=1S/C23H30ClN5O2/c1-14(2)12-15(3)28-13-19-20(10-11-21(26-19)27-22(30)16(4)25-5)29(23(28)31)18-8-6-17(24)7-9-18/h6-11,14-16,25H,12-13H2,1-5H3,(H,26,27,30)/t15-,16?/m0/s1. The second-order valence-electron chi connectivity index (χ2n) is 8.36. The smallest absolute Gasteiger partial charge is 0.315 e. The van der Waals surface area contributed by atoms with Crippen molar-refractivity contribution in [2.75, 3.05) is 17.3 Å². The summed E-state index contributed by atoms with van der Waals surface area (Å²) in [5.41, 5.74) is 2.17. The molecule has 0 saturated carbocycles. The highest BCUT2D eigenvalue weighted by Crippen LogP contribution is 2.36. The highest BCUT2D eigenvalue weighted by atomic mass is 35.5. The Labute approximate surface area is 188 Å². The van der Waals surface area contributed by atoms with Crippen LogP contribution in [-0.4, -0.2) is 41.0 Å². The number of hydrogen-bond acceptors (Lipinski definition) is 4. The van der Waals surface area contributed by atoms with Crippen molar-refractivity contribution in [1.29, 1.82) is 0 Å². The lowest BCUT2D eigenvalue weighted by atomic mass is 10.0. The van der Waals surface area contributed by atoms with E-state index < -0.39 is 0 Å². The molecular weight excluding hydrogens is 414 g/mol. The van der Waals surface area contributed by atoms with Crippen molar-refractivity contribution in [3.63, 3.8) is 0 Å². The molecule has 1 aliphatic heterocycles. The predicted octanol–water partition coefficient (Wildman–Crippen LogP) is 4.79. The van der Waals surface area contributed by atoms with Gasteiger partial charge in [-0.05, 0) is 69.6 Å². The number of rotatable bonds is 7. The van der Waals surface area contributed by atoms with Gasteiger partial charge in [-0.25, -0.2) is 9.78 Å². The minimum atomic E-state index is -0.340. The largest absolute Gasteiger partial charge is 0.329 e. The summed E-state index contributed by atoms with van der Waals surface area (Å²) in [6, 6.07) is 10.3. The Hall–Kier alpha value is -2.64. The van der Waals surface area contributed by atoms with Crippen LogP contribution in [0.1, 0.15) is 39.8 Å². The minimum Gasteiger partial charge on any atom is -0.315 e. The zero-order chi connectivity index (χ0) is 22.7. The molecule has 0 saturated heterocycles. The van der Waals surface area contributed by atoms with Crippen molar-refractivity contribution in [3.8, 4) is 0 Å². The number of benzene rings is 1. The SMILES string of the molecule is CNC(C)C(=O)Nc1ccc2c(n1)CN([C@@H](C)CC(C)C)C(=O)N2c1ccc(Cl)cc1. The Morgan fingerprint density at radius 1 is 1.13 bits per heavy atom. The van der Waals surface area contributed by atoms with E-state index in [9.17, 15) is 9.59 Å². The van der Waals surface area contributed by atoms with Gasteiger partial charge in [0.15, 0.2) is 0 Å². The van der Waals surface area contributed by atoms with Crippen LogP contribution in [0.2, 0.25) is 5.02 Å². The van der Waals surface area contributed by atoms with Crippen LogP contribution in [0.3, 0.4) is 0 Å². The maximum Gasteiger partial charge on any atom is 0.329 e. The van der Waals surface area contributed by atoms with Crippen LogP contribution in [0, 0.1) is 5.92 Å². The fourth-order valence-electron chi connectivity index (χ4n) is 3.70. The van der Waals surface area contributed by atoms with E-state index in [4.69, 9.17) is 11.6 Å². The highest BCUT2D eigenvalue weighted by molar-refractivity contribution is 6.30. The van der Waals surface area contributed by atoms with Gasteiger partial charge in [0.1, 0.15) is 5.82 Å². The molecule has 1 aromatic carbocycles. The van der Waals surface area contributed by atoms with Crippen molar-refractivity contribution < 1.29 is 9.59 Å². The number of anilines is 3. The summed E-state index contributed by atoms with van der Waals surface area (Å²) < 4.78 is 0. The van der Waals surface area contributed by atoms with Crippen LogP contribution in [0.25, 0.3) is 0 Å². The van der Waals surface area contributed by atoms with E-state index in [1.807, 2.05) is 23.1 Å². The fourth-order valence-corrected chi connectivity index (χ4v) is 3.83. The molecule has 3 amide bonds. The van der Waals surface area contributed by atoms with Crippen LogP contribution in [0.5, 0.6) is 0 Å². The van der Waals surface area contributed by atoms with Gasteiger partial charge in [0.25, 0.3) is 0 Å². The normalized spacial score (nSPS) is 15.6. The zero-order valence-electron chi connectivity index (χ0n) is 18.6. The zero-order valence-corrected chi connectivity index (χ0v) is 19.4. The number of fused-ring (bicyclic) bond motifs is 1. The quantitative estimate of drug-likeness (QED) is 0.644. The molecule has 2 aromatic rings. The number of nitrogens with zero attached hydrogens (tertiary/aromatic N) is 3. The Kier molecular flexibility index (Phi) is 7.18. The summed E-state index contributed by atoms with van der Waals surface area (Å²) in [5, 5.41) is 6.36. The van der Waals surface area contributed by atoms with Gasteiger partial charge in [0, 0.05) is 11.1 Å². The predicted molar refractivity (Wildman–Crippen MR) is 125 cm³/mol. The van der Waals surface area contributed by atoms with E-state index in [1.165, 1.54) is 0 Å². The molecule has 8 heteroatoms. The molecular formula is C23H30ClN5O2. The van der Waals surface area contributed by atoms with E-state index in [0.717, 1.165) is 17.8 Å². The lowest BCUT2D eigenvalue weighted by Gasteiger charge is -2.40. The summed E-state index contributed by atoms with van der Waals surface area (Å²) in [4.78, 5) is 34.0. The Morgan fingerprint density at radius 2 is 1.81 bits per heavy atom. The van der Waals surface area contributed by atoms with E-state index in [2.05, 4.69) is 36.4 Å². The number of carbonyl (C=O) groups excluding carboxylic acids is 2. The summed E-state index contributed by atoms with van der Waals surface area (Å²) in [7, 11) is 1.73. The van der Waals surface area contributed by atoms with E-state index in [-0.39, 0.29) is 24.0 Å². The average molecular weight is 444 g/mol. The van der Waals surface area contributed by atoms with Crippen LogP contribution in [0.15, 0.2) is 36.4 Å². The topological polar surface area (TPSA) is 77.6 Å². The van der Waals surface area contributed by atoms with Crippen molar-refractivity contribution in [1.82, 2.24) is 15.2 Å². The number of aromatic nitrogens is 1. The van der Waals surface area contributed by atoms with Gasteiger partial charge >= 0.3 is 6.03 Å². The lowest BCUT2D eigenvalue weighted by Crippen LogP contribution is -2.49. The second-order valence-corrected chi connectivity index (χ2v) is 8.80. The molecule has 1 unspecified atom stereocenters. The van der Waals surface area contributed by atoms with Crippen molar-refractivity contribution in [2.45, 2.75) is 52.7 Å². The number of halogens is 1. The van der Waals surface area contributed by atoms with E-state index >= 15 is 0 Å². The molecule has 0 bridgehead atoms. The van der Waals surface area contributed by atoms with Crippen LogP contribution < -0.4 is 15.5 Å². The van der Waals surface area contributed by atoms with Gasteiger partial charge in [-0.2, -0.15) is 0 Å².